The largest absolute Gasteiger partial charge is 0.378 e. The van der Waals surface area contributed by atoms with Crippen LogP contribution in [-0.2, 0) is 4.74 Å². The van der Waals surface area contributed by atoms with Crippen LogP contribution in [0.1, 0.15) is 68.9 Å². The van der Waals surface area contributed by atoms with Gasteiger partial charge in [0, 0.05) is 6.61 Å². The van der Waals surface area contributed by atoms with Gasteiger partial charge < -0.3 is 4.74 Å². The summed E-state index contributed by atoms with van der Waals surface area (Å²) in [5.41, 5.74) is 2.13. The van der Waals surface area contributed by atoms with Crippen molar-refractivity contribution in [2.75, 3.05) is 6.61 Å². The van der Waals surface area contributed by atoms with Crippen LogP contribution in [0.15, 0.2) is 36.4 Å². The van der Waals surface area contributed by atoms with E-state index in [-0.39, 0.29) is 0 Å². The van der Waals surface area contributed by atoms with Crippen LogP contribution in [-0.4, -0.2) is 12.7 Å². The van der Waals surface area contributed by atoms with Gasteiger partial charge in [0.15, 0.2) is 0 Å². The van der Waals surface area contributed by atoms with E-state index in [2.05, 4.69) is 37.3 Å². The Balaban J connectivity index is 1.66. The van der Waals surface area contributed by atoms with Gasteiger partial charge in [0.1, 0.15) is 0 Å². The predicted molar refractivity (Wildman–Crippen MR) is 90.8 cm³/mol. The number of rotatable bonds is 7. The standard InChI is InChI=1S/C20H27NO/c1-2-3-4-5-6-15-22-20-13-11-19(12-14-20)18-9-7-17(16-21)8-10-18/h2-3,7-10,19-20H,4-6,11-15H2,1H3. The highest BCUT2D eigenvalue weighted by molar-refractivity contribution is 5.33. The first-order valence-electron chi connectivity index (χ1n) is 8.56. The maximum atomic E-state index is 8.85. The van der Waals surface area contributed by atoms with Crippen molar-refractivity contribution in [3.63, 3.8) is 0 Å². The minimum atomic E-state index is 0.455. The van der Waals surface area contributed by atoms with Crippen molar-refractivity contribution in [2.45, 2.75) is 63.9 Å². The van der Waals surface area contributed by atoms with E-state index in [1.54, 1.807) is 0 Å². The number of nitrogens with zero attached hydrogens (tertiary/aromatic N) is 1. The summed E-state index contributed by atoms with van der Waals surface area (Å²) in [4.78, 5) is 0. The van der Waals surface area contributed by atoms with Crippen molar-refractivity contribution in [2.24, 2.45) is 0 Å². The number of benzene rings is 1. The Morgan fingerprint density at radius 3 is 2.50 bits per heavy atom. The van der Waals surface area contributed by atoms with Crippen molar-refractivity contribution in [1.29, 1.82) is 5.26 Å². The van der Waals surface area contributed by atoms with Crippen molar-refractivity contribution in [3.8, 4) is 6.07 Å². The molecule has 0 spiro atoms. The number of hydrogen-bond acceptors (Lipinski definition) is 2. The van der Waals surface area contributed by atoms with Gasteiger partial charge in [-0.3, -0.25) is 0 Å². The molecule has 2 rings (SSSR count). The molecule has 1 aliphatic rings. The summed E-state index contributed by atoms with van der Waals surface area (Å²) < 4.78 is 6.02. The molecular weight excluding hydrogens is 270 g/mol. The third-order valence-electron chi connectivity index (χ3n) is 4.54. The molecule has 0 N–H and O–H groups in total. The lowest BCUT2D eigenvalue weighted by molar-refractivity contribution is 0.0229. The maximum absolute atomic E-state index is 8.85. The van der Waals surface area contributed by atoms with Crippen LogP contribution < -0.4 is 0 Å². The molecule has 1 aromatic rings. The van der Waals surface area contributed by atoms with Gasteiger partial charge in [0.2, 0.25) is 0 Å². The third kappa shape index (κ3) is 5.31. The summed E-state index contributed by atoms with van der Waals surface area (Å²) in [5, 5.41) is 8.85. The molecule has 0 amide bonds. The summed E-state index contributed by atoms with van der Waals surface area (Å²) in [6.07, 6.45) is 13.1. The average Bonchev–Trinajstić information content (AvgIpc) is 2.59. The van der Waals surface area contributed by atoms with Gasteiger partial charge in [-0.1, -0.05) is 24.3 Å². The van der Waals surface area contributed by atoms with Crippen LogP contribution in [0.25, 0.3) is 0 Å². The average molecular weight is 297 g/mol. The van der Waals surface area contributed by atoms with Gasteiger partial charge in [-0.25, -0.2) is 0 Å². The number of nitriles is 1. The minimum Gasteiger partial charge on any atom is -0.378 e. The van der Waals surface area contributed by atoms with Crippen LogP contribution >= 0.6 is 0 Å². The normalized spacial score (nSPS) is 21.8. The van der Waals surface area contributed by atoms with Crippen LogP contribution in [0.2, 0.25) is 0 Å². The first-order valence-corrected chi connectivity index (χ1v) is 8.56. The Morgan fingerprint density at radius 2 is 1.86 bits per heavy atom. The molecule has 1 aliphatic carbocycles. The van der Waals surface area contributed by atoms with Crippen molar-refractivity contribution < 1.29 is 4.74 Å². The molecule has 0 saturated heterocycles. The summed E-state index contributed by atoms with van der Waals surface area (Å²) >= 11 is 0. The monoisotopic (exact) mass is 297 g/mol. The number of hydrogen-bond donors (Lipinski definition) is 0. The Kier molecular flexibility index (Phi) is 7.19. The van der Waals surface area contributed by atoms with Crippen LogP contribution in [0.4, 0.5) is 0 Å². The molecule has 0 atom stereocenters. The Bertz CT molecular complexity index is 489. The van der Waals surface area contributed by atoms with Crippen molar-refractivity contribution >= 4 is 0 Å². The van der Waals surface area contributed by atoms with Crippen LogP contribution in [0, 0.1) is 11.3 Å². The second-order valence-corrected chi connectivity index (χ2v) is 6.14. The van der Waals surface area contributed by atoms with E-state index in [1.807, 2.05) is 12.1 Å². The molecule has 118 valence electrons. The zero-order valence-electron chi connectivity index (χ0n) is 13.6. The van der Waals surface area contributed by atoms with Gasteiger partial charge >= 0.3 is 0 Å². The molecule has 0 aromatic heterocycles. The minimum absolute atomic E-state index is 0.455. The summed E-state index contributed by atoms with van der Waals surface area (Å²) in [5.74, 6) is 0.641. The SMILES string of the molecule is CC=CCCCCOC1CCC(c2ccc(C#N)cc2)CC1. The zero-order valence-corrected chi connectivity index (χ0v) is 13.6. The lowest BCUT2D eigenvalue weighted by atomic mass is 9.82. The molecule has 0 aliphatic heterocycles. The fraction of sp³-hybridized carbons (Fsp3) is 0.550. The van der Waals surface area contributed by atoms with Gasteiger partial charge in [0.05, 0.1) is 17.7 Å². The zero-order chi connectivity index (χ0) is 15.6. The van der Waals surface area contributed by atoms with Gasteiger partial charge in [0.25, 0.3) is 0 Å². The Labute approximate surface area is 134 Å². The number of ether oxygens (including phenoxy) is 1. The lowest BCUT2D eigenvalue weighted by Crippen LogP contribution is -2.21. The highest BCUT2D eigenvalue weighted by atomic mass is 16.5. The van der Waals surface area contributed by atoms with E-state index in [4.69, 9.17) is 10.00 Å². The maximum Gasteiger partial charge on any atom is 0.0991 e. The Morgan fingerprint density at radius 1 is 1.14 bits per heavy atom. The van der Waals surface area contributed by atoms with Gasteiger partial charge in [-0.15, -0.1) is 0 Å². The van der Waals surface area contributed by atoms with E-state index in [9.17, 15) is 0 Å². The highest BCUT2D eigenvalue weighted by Gasteiger charge is 2.22. The third-order valence-corrected chi connectivity index (χ3v) is 4.54. The number of unbranched alkanes of at least 4 members (excludes halogenated alkanes) is 2. The smallest absolute Gasteiger partial charge is 0.0991 e. The van der Waals surface area contributed by atoms with E-state index in [1.165, 1.54) is 50.5 Å². The molecule has 2 heteroatoms. The molecule has 22 heavy (non-hydrogen) atoms. The second-order valence-electron chi connectivity index (χ2n) is 6.14. The first kappa shape index (κ1) is 16.8. The predicted octanol–water partition coefficient (Wildman–Crippen LogP) is 5.35. The van der Waals surface area contributed by atoms with Crippen molar-refractivity contribution in [3.05, 3.63) is 47.5 Å². The van der Waals surface area contributed by atoms with E-state index in [0.29, 0.717) is 12.0 Å². The summed E-state index contributed by atoms with van der Waals surface area (Å²) in [7, 11) is 0. The van der Waals surface area contributed by atoms with E-state index < -0.39 is 0 Å². The summed E-state index contributed by atoms with van der Waals surface area (Å²) in [6, 6.07) is 10.3. The molecular formula is C20H27NO. The summed E-state index contributed by atoms with van der Waals surface area (Å²) in [6.45, 7) is 2.98. The van der Waals surface area contributed by atoms with Gasteiger partial charge in [-0.05, 0) is 75.5 Å². The Hall–Kier alpha value is -1.59. The number of allylic oxidation sites excluding steroid dienone is 2. The molecule has 2 nitrogen and oxygen atoms in total. The lowest BCUT2D eigenvalue weighted by Gasteiger charge is -2.29. The molecule has 0 radical (unpaired) electrons. The topological polar surface area (TPSA) is 33.0 Å². The molecule has 0 bridgehead atoms. The second kappa shape index (κ2) is 9.43. The molecule has 1 saturated carbocycles. The van der Waals surface area contributed by atoms with Gasteiger partial charge in [-0.2, -0.15) is 5.26 Å². The highest BCUT2D eigenvalue weighted by Crippen LogP contribution is 2.34. The molecule has 0 heterocycles. The van der Waals surface area contributed by atoms with E-state index in [0.717, 1.165) is 12.2 Å². The van der Waals surface area contributed by atoms with Crippen LogP contribution in [0.5, 0.6) is 0 Å². The first-order chi connectivity index (χ1) is 10.8. The van der Waals surface area contributed by atoms with Crippen molar-refractivity contribution in [1.82, 2.24) is 0 Å². The van der Waals surface area contributed by atoms with E-state index >= 15 is 0 Å². The quantitative estimate of drug-likeness (QED) is 0.502. The molecule has 1 aromatic carbocycles. The molecule has 1 fully saturated rings. The van der Waals surface area contributed by atoms with Crippen LogP contribution in [0.3, 0.4) is 0 Å². The molecule has 0 unspecified atom stereocenters. The fourth-order valence-corrected chi connectivity index (χ4v) is 3.17. The fourth-order valence-electron chi connectivity index (χ4n) is 3.17.